The van der Waals surface area contributed by atoms with E-state index in [-0.39, 0.29) is 18.0 Å². The van der Waals surface area contributed by atoms with Gasteiger partial charge in [0.2, 0.25) is 0 Å². The molecular weight excluding hydrogens is 352 g/mol. The van der Waals surface area contributed by atoms with Crippen LogP contribution in [0.2, 0.25) is 0 Å². The Morgan fingerprint density at radius 1 is 1.08 bits per heavy atom. The number of methoxy groups -OCH3 is 1. The lowest BCUT2D eigenvalue weighted by Crippen LogP contribution is -2.14. The van der Waals surface area contributed by atoms with Crippen LogP contribution in [0.15, 0.2) is 60.0 Å². The summed E-state index contributed by atoms with van der Waals surface area (Å²) >= 11 is 1.59. The summed E-state index contributed by atoms with van der Waals surface area (Å²) in [7, 11) is 1.48. The van der Waals surface area contributed by atoms with Crippen molar-refractivity contribution in [3.8, 4) is 11.5 Å². The number of hydrogen-bond acceptors (Lipinski definition) is 6. The topological polar surface area (TPSA) is 61.8 Å². The first kappa shape index (κ1) is 19.6. The van der Waals surface area contributed by atoms with Gasteiger partial charge >= 0.3 is 5.97 Å². The van der Waals surface area contributed by atoms with Gasteiger partial charge in [-0.15, -0.1) is 11.8 Å². The van der Waals surface area contributed by atoms with Crippen molar-refractivity contribution in [3.63, 3.8) is 0 Å². The Labute approximate surface area is 157 Å². The number of Topliss-reactive ketones (excluding diaryl/α,β-unsaturated/α-hetero) is 1. The van der Waals surface area contributed by atoms with Gasteiger partial charge in [0.1, 0.15) is 6.61 Å². The zero-order chi connectivity index (χ0) is 18.9. The lowest BCUT2D eigenvalue weighted by Gasteiger charge is -2.11. The Morgan fingerprint density at radius 3 is 2.38 bits per heavy atom. The summed E-state index contributed by atoms with van der Waals surface area (Å²) in [5.41, 5.74) is 0.777. The summed E-state index contributed by atoms with van der Waals surface area (Å²) in [4.78, 5) is 25.4. The standard InChI is InChI=1S/C20H20O5S/c1-4-11-24-18-10-7-15(12-19(18)23-2)20(22)25-13-17(21)14-5-8-16(26-3)9-6-14/h4-10,12H,1,11,13H2,2-3H3. The minimum atomic E-state index is -0.604. The molecule has 5 nitrogen and oxygen atoms in total. The number of carbonyl (C=O) groups is 2. The number of benzene rings is 2. The van der Waals surface area contributed by atoms with Crippen molar-refractivity contribution in [1.29, 1.82) is 0 Å². The van der Waals surface area contributed by atoms with Crippen LogP contribution in [0, 0.1) is 0 Å². The number of rotatable bonds is 9. The van der Waals surface area contributed by atoms with Crippen molar-refractivity contribution in [2.45, 2.75) is 4.90 Å². The molecule has 0 aromatic heterocycles. The lowest BCUT2D eigenvalue weighted by atomic mass is 10.1. The summed E-state index contributed by atoms with van der Waals surface area (Å²) in [5, 5.41) is 0. The third-order valence-corrected chi connectivity index (χ3v) is 4.25. The Hall–Kier alpha value is -2.73. The number of hydrogen-bond donors (Lipinski definition) is 0. The fourth-order valence-corrected chi connectivity index (χ4v) is 2.55. The first-order chi connectivity index (χ1) is 12.6. The van der Waals surface area contributed by atoms with Crippen molar-refractivity contribution in [2.75, 3.05) is 26.6 Å². The van der Waals surface area contributed by atoms with Crippen molar-refractivity contribution in [3.05, 3.63) is 66.2 Å². The van der Waals surface area contributed by atoms with Crippen molar-refractivity contribution in [2.24, 2.45) is 0 Å². The molecule has 0 unspecified atom stereocenters. The Balaban J connectivity index is 2.00. The molecule has 0 spiro atoms. The van der Waals surface area contributed by atoms with Crippen LogP contribution in [0.4, 0.5) is 0 Å². The highest BCUT2D eigenvalue weighted by atomic mass is 32.2. The number of ketones is 1. The minimum absolute atomic E-state index is 0.260. The van der Waals surface area contributed by atoms with E-state index in [1.54, 1.807) is 42.1 Å². The molecule has 0 N–H and O–H groups in total. The quantitative estimate of drug-likeness (QED) is 0.287. The van der Waals surface area contributed by atoms with Crippen LogP contribution in [0.25, 0.3) is 0 Å². The van der Waals surface area contributed by atoms with Crippen LogP contribution in [0.3, 0.4) is 0 Å². The van der Waals surface area contributed by atoms with Crippen LogP contribution in [0.5, 0.6) is 11.5 Å². The van der Waals surface area contributed by atoms with Crippen molar-refractivity contribution >= 4 is 23.5 Å². The van der Waals surface area contributed by atoms with E-state index in [0.29, 0.717) is 23.7 Å². The van der Waals surface area contributed by atoms with Crippen LogP contribution in [-0.4, -0.2) is 38.3 Å². The van der Waals surface area contributed by atoms with E-state index in [1.165, 1.54) is 13.2 Å². The van der Waals surface area contributed by atoms with Gasteiger partial charge in [0, 0.05) is 10.5 Å². The van der Waals surface area contributed by atoms with E-state index in [0.717, 1.165) is 4.90 Å². The van der Waals surface area contributed by atoms with Gasteiger partial charge in [-0.3, -0.25) is 4.79 Å². The second kappa shape index (κ2) is 9.68. The Bertz CT molecular complexity index is 783. The van der Waals surface area contributed by atoms with Gasteiger partial charge < -0.3 is 14.2 Å². The molecule has 2 rings (SSSR count). The Kier molecular flexibility index (Phi) is 7.29. The number of ether oxygens (including phenoxy) is 3. The van der Waals surface area contributed by atoms with E-state index in [4.69, 9.17) is 14.2 Å². The molecule has 0 radical (unpaired) electrons. The molecule has 0 amide bonds. The van der Waals surface area contributed by atoms with Gasteiger partial charge in [-0.1, -0.05) is 24.8 Å². The van der Waals surface area contributed by atoms with Gasteiger partial charge in [0.25, 0.3) is 0 Å². The molecule has 26 heavy (non-hydrogen) atoms. The maximum atomic E-state index is 12.2. The molecule has 2 aromatic carbocycles. The van der Waals surface area contributed by atoms with E-state index in [2.05, 4.69) is 6.58 Å². The molecule has 6 heteroatoms. The number of carbonyl (C=O) groups excluding carboxylic acids is 2. The molecule has 0 bridgehead atoms. The monoisotopic (exact) mass is 372 g/mol. The smallest absolute Gasteiger partial charge is 0.338 e. The number of esters is 1. The van der Waals surface area contributed by atoms with Crippen molar-refractivity contribution < 1.29 is 23.8 Å². The molecule has 0 atom stereocenters. The first-order valence-corrected chi connectivity index (χ1v) is 9.07. The molecule has 0 aliphatic heterocycles. The molecule has 0 saturated heterocycles. The average Bonchev–Trinajstić information content (AvgIpc) is 2.70. The minimum Gasteiger partial charge on any atom is -0.493 e. The summed E-state index contributed by atoms with van der Waals surface area (Å²) in [6.07, 6.45) is 3.57. The van der Waals surface area contributed by atoms with E-state index >= 15 is 0 Å². The largest absolute Gasteiger partial charge is 0.493 e. The van der Waals surface area contributed by atoms with Gasteiger partial charge in [-0.05, 0) is 36.6 Å². The summed E-state index contributed by atoms with van der Waals surface area (Å²) in [6.45, 7) is 3.58. The van der Waals surface area contributed by atoms with Gasteiger partial charge in [0.05, 0.1) is 12.7 Å². The highest BCUT2D eigenvalue weighted by Gasteiger charge is 2.15. The normalized spacial score (nSPS) is 10.1. The van der Waals surface area contributed by atoms with E-state index < -0.39 is 5.97 Å². The van der Waals surface area contributed by atoms with Crippen molar-refractivity contribution in [1.82, 2.24) is 0 Å². The lowest BCUT2D eigenvalue weighted by molar-refractivity contribution is 0.0474. The molecule has 0 heterocycles. The molecule has 0 aliphatic rings. The molecule has 0 aliphatic carbocycles. The number of thioether (sulfide) groups is 1. The second-order valence-electron chi connectivity index (χ2n) is 5.19. The predicted octanol–water partition coefficient (Wildman–Crippen LogP) is 4.02. The van der Waals surface area contributed by atoms with Crippen LogP contribution in [-0.2, 0) is 4.74 Å². The summed E-state index contributed by atoms with van der Waals surface area (Å²) < 4.78 is 15.8. The highest BCUT2D eigenvalue weighted by Crippen LogP contribution is 2.28. The van der Waals surface area contributed by atoms with Crippen LogP contribution >= 0.6 is 11.8 Å². The SMILES string of the molecule is C=CCOc1ccc(C(=O)OCC(=O)c2ccc(SC)cc2)cc1OC. The zero-order valence-corrected chi connectivity index (χ0v) is 15.5. The fourth-order valence-electron chi connectivity index (χ4n) is 2.14. The predicted molar refractivity (Wildman–Crippen MR) is 102 cm³/mol. The molecule has 136 valence electrons. The van der Waals surface area contributed by atoms with E-state index in [1.807, 2.05) is 18.4 Å². The first-order valence-electron chi connectivity index (χ1n) is 7.85. The zero-order valence-electron chi connectivity index (χ0n) is 14.7. The van der Waals surface area contributed by atoms with Gasteiger partial charge in [-0.25, -0.2) is 4.79 Å². The van der Waals surface area contributed by atoms with Gasteiger partial charge in [0.15, 0.2) is 23.9 Å². The summed E-state index contributed by atoms with van der Waals surface area (Å²) in [6, 6.07) is 11.8. The van der Waals surface area contributed by atoms with Gasteiger partial charge in [-0.2, -0.15) is 0 Å². The van der Waals surface area contributed by atoms with Crippen LogP contribution in [0.1, 0.15) is 20.7 Å². The Morgan fingerprint density at radius 2 is 1.77 bits per heavy atom. The maximum Gasteiger partial charge on any atom is 0.338 e. The fraction of sp³-hybridized carbons (Fsp3) is 0.200. The summed E-state index contributed by atoms with van der Waals surface area (Å²) in [5.74, 6) is 0.0331. The third-order valence-electron chi connectivity index (χ3n) is 3.50. The maximum absolute atomic E-state index is 12.2. The van der Waals surface area contributed by atoms with E-state index in [9.17, 15) is 9.59 Å². The average molecular weight is 372 g/mol. The van der Waals surface area contributed by atoms with Crippen LogP contribution < -0.4 is 9.47 Å². The molecule has 0 fully saturated rings. The molecule has 0 saturated carbocycles. The second-order valence-corrected chi connectivity index (χ2v) is 6.07. The molecule has 2 aromatic rings. The molecular formula is C20H20O5S. The third kappa shape index (κ3) is 5.13. The highest BCUT2D eigenvalue weighted by molar-refractivity contribution is 7.98.